The Labute approximate surface area is 161 Å². The number of aromatic amines is 1. The summed E-state index contributed by atoms with van der Waals surface area (Å²) in [6.07, 6.45) is 1.74. The number of carbonyl (C=O) groups is 1. The minimum atomic E-state index is -0.592. The Kier molecular flexibility index (Phi) is 5.67. The molecule has 0 aliphatic rings. The van der Waals surface area contributed by atoms with Crippen LogP contribution in [0.1, 0.15) is 23.7 Å². The molecule has 136 valence electrons. The molecule has 6 nitrogen and oxygen atoms in total. The SMILES string of the molecule is CCCONC(=O)c1c(Nc2ccc(I)cc2F)[nH]c2ncc(F)cc12. The fourth-order valence-electron chi connectivity index (χ4n) is 2.37. The number of fused-ring (bicyclic) bond motifs is 1. The Morgan fingerprint density at radius 3 is 2.88 bits per heavy atom. The molecular weight excluding hydrogens is 457 g/mol. The van der Waals surface area contributed by atoms with Gasteiger partial charge in [-0.3, -0.25) is 9.63 Å². The lowest BCUT2D eigenvalue weighted by Crippen LogP contribution is -2.24. The number of benzene rings is 1. The Morgan fingerprint density at radius 1 is 1.35 bits per heavy atom. The number of nitrogens with one attached hydrogen (secondary N) is 3. The largest absolute Gasteiger partial charge is 0.339 e. The number of amides is 1. The predicted molar refractivity (Wildman–Crippen MR) is 102 cm³/mol. The van der Waals surface area contributed by atoms with Crippen molar-refractivity contribution in [1.82, 2.24) is 15.4 Å². The molecule has 26 heavy (non-hydrogen) atoms. The van der Waals surface area contributed by atoms with Crippen LogP contribution in [-0.4, -0.2) is 22.5 Å². The number of anilines is 2. The molecule has 0 bridgehead atoms. The van der Waals surface area contributed by atoms with Gasteiger partial charge in [-0.25, -0.2) is 19.2 Å². The van der Waals surface area contributed by atoms with Crippen molar-refractivity contribution < 1.29 is 18.4 Å². The minimum absolute atomic E-state index is 0.0843. The molecule has 0 aliphatic carbocycles. The highest BCUT2D eigenvalue weighted by Gasteiger charge is 2.21. The number of hydrogen-bond donors (Lipinski definition) is 3. The number of rotatable bonds is 6. The van der Waals surface area contributed by atoms with E-state index < -0.39 is 17.5 Å². The molecule has 0 radical (unpaired) electrons. The fourth-order valence-corrected chi connectivity index (χ4v) is 2.82. The van der Waals surface area contributed by atoms with Crippen LogP contribution in [0.5, 0.6) is 0 Å². The average molecular weight is 472 g/mol. The van der Waals surface area contributed by atoms with E-state index in [2.05, 4.69) is 20.8 Å². The standard InChI is InChI=1S/C17H15F2IN4O2/c1-2-5-26-24-17(25)14-11-6-9(18)8-21-15(11)23-16(14)22-13-4-3-10(20)7-12(13)19/h3-4,6-8,22H,2,5H2,1H3,(H,21,23)(H,24,25). The number of H-pyrrole nitrogens is 1. The van der Waals surface area contributed by atoms with Gasteiger partial charge in [0.05, 0.1) is 24.1 Å². The van der Waals surface area contributed by atoms with E-state index in [-0.39, 0.29) is 22.5 Å². The van der Waals surface area contributed by atoms with Gasteiger partial charge in [0.1, 0.15) is 23.1 Å². The molecule has 0 saturated carbocycles. The highest BCUT2D eigenvalue weighted by molar-refractivity contribution is 14.1. The summed E-state index contributed by atoms with van der Waals surface area (Å²) >= 11 is 2.00. The number of hydroxylamine groups is 1. The number of aromatic nitrogens is 2. The highest BCUT2D eigenvalue weighted by Crippen LogP contribution is 2.29. The van der Waals surface area contributed by atoms with Gasteiger partial charge < -0.3 is 10.3 Å². The molecule has 0 atom stereocenters. The lowest BCUT2D eigenvalue weighted by atomic mass is 10.2. The summed E-state index contributed by atoms with van der Waals surface area (Å²) in [4.78, 5) is 24.4. The number of nitrogens with zero attached hydrogens (tertiary/aromatic N) is 1. The van der Waals surface area contributed by atoms with Crippen LogP contribution in [0.15, 0.2) is 30.5 Å². The molecule has 0 unspecified atom stereocenters. The van der Waals surface area contributed by atoms with Gasteiger partial charge in [-0.15, -0.1) is 0 Å². The van der Waals surface area contributed by atoms with Crippen molar-refractivity contribution in [2.45, 2.75) is 13.3 Å². The van der Waals surface area contributed by atoms with Crippen molar-refractivity contribution in [2.75, 3.05) is 11.9 Å². The van der Waals surface area contributed by atoms with Crippen LogP contribution in [0, 0.1) is 15.2 Å². The number of hydrogen-bond acceptors (Lipinski definition) is 4. The maximum absolute atomic E-state index is 14.2. The summed E-state index contributed by atoms with van der Waals surface area (Å²) in [6.45, 7) is 2.22. The molecule has 9 heteroatoms. The maximum Gasteiger partial charge on any atom is 0.279 e. The summed E-state index contributed by atoms with van der Waals surface area (Å²) in [5, 5.41) is 3.10. The highest BCUT2D eigenvalue weighted by atomic mass is 127. The van der Waals surface area contributed by atoms with Crippen LogP contribution >= 0.6 is 22.6 Å². The van der Waals surface area contributed by atoms with E-state index in [9.17, 15) is 13.6 Å². The fraction of sp³-hybridized carbons (Fsp3) is 0.176. The van der Waals surface area contributed by atoms with Crippen LogP contribution in [0.2, 0.25) is 0 Å². The summed E-state index contributed by atoms with van der Waals surface area (Å²) in [7, 11) is 0. The molecule has 3 aromatic rings. The second-order valence-corrected chi connectivity index (χ2v) is 6.70. The zero-order chi connectivity index (χ0) is 18.7. The van der Waals surface area contributed by atoms with E-state index in [1.807, 2.05) is 29.5 Å². The topological polar surface area (TPSA) is 79.0 Å². The van der Waals surface area contributed by atoms with E-state index >= 15 is 0 Å². The summed E-state index contributed by atoms with van der Waals surface area (Å²) in [5.74, 6) is -1.48. The molecule has 3 N–H and O–H groups in total. The lowest BCUT2D eigenvalue weighted by Gasteiger charge is -2.10. The molecule has 2 aromatic heterocycles. The Bertz CT molecular complexity index is 961. The Morgan fingerprint density at radius 2 is 2.15 bits per heavy atom. The van der Waals surface area contributed by atoms with Gasteiger partial charge in [-0.1, -0.05) is 6.92 Å². The van der Waals surface area contributed by atoms with Crippen LogP contribution in [0.4, 0.5) is 20.3 Å². The van der Waals surface area contributed by atoms with Crippen LogP contribution in [0.3, 0.4) is 0 Å². The van der Waals surface area contributed by atoms with Crippen LogP contribution < -0.4 is 10.8 Å². The normalized spacial score (nSPS) is 10.9. The first-order chi connectivity index (χ1) is 12.5. The molecule has 3 rings (SSSR count). The van der Waals surface area contributed by atoms with Crippen molar-refractivity contribution in [3.63, 3.8) is 0 Å². The monoisotopic (exact) mass is 472 g/mol. The van der Waals surface area contributed by atoms with Crippen molar-refractivity contribution >= 4 is 51.0 Å². The van der Waals surface area contributed by atoms with Gasteiger partial charge in [0, 0.05) is 8.96 Å². The molecule has 0 saturated heterocycles. The molecule has 2 heterocycles. The van der Waals surface area contributed by atoms with Crippen LogP contribution in [-0.2, 0) is 4.84 Å². The minimum Gasteiger partial charge on any atom is -0.339 e. The van der Waals surface area contributed by atoms with Crippen molar-refractivity contribution in [3.8, 4) is 0 Å². The third-order valence-corrected chi connectivity index (χ3v) is 4.18. The molecule has 0 spiro atoms. The van der Waals surface area contributed by atoms with Crippen molar-refractivity contribution in [1.29, 1.82) is 0 Å². The van der Waals surface area contributed by atoms with Crippen molar-refractivity contribution in [3.05, 3.63) is 51.2 Å². The Hall–Kier alpha value is -2.27. The van der Waals surface area contributed by atoms with Crippen molar-refractivity contribution in [2.24, 2.45) is 0 Å². The smallest absolute Gasteiger partial charge is 0.279 e. The van der Waals surface area contributed by atoms with Gasteiger partial charge in [0.2, 0.25) is 0 Å². The van der Waals surface area contributed by atoms with Gasteiger partial charge in [0.15, 0.2) is 0 Å². The second-order valence-electron chi connectivity index (χ2n) is 5.45. The third kappa shape index (κ3) is 3.93. The van der Waals surface area contributed by atoms with Gasteiger partial charge in [-0.2, -0.15) is 0 Å². The summed E-state index contributed by atoms with van der Waals surface area (Å²) < 4.78 is 28.5. The molecule has 1 aromatic carbocycles. The molecular formula is C17H15F2IN4O2. The molecule has 1 amide bonds. The zero-order valence-electron chi connectivity index (χ0n) is 13.7. The molecule has 0 fully saturated rings. The summed E-state index contributed by atoms with van der Waals surface area (Å²) in [6, 6.07) is 5.80. The maximum atomic E-state index is 14.2. The van der Waals surface area contributed by atoms with E-state index in [0.29, 0.717) is 18.7 Å². The van der Waals surface area contributed by atoms with Gasteiger partial charge in [0.25, 0.3) is 5.91 Å². The first-order valence-electron chi connectivity index (χ1n) is 7.81. The molecule has 0 aliphatic heterocycles. The van der Waals surface area contributed by atoms with E-state index in [1.165, 1.54) is 12.1 Å². The quantitative estimate of drug-likeness (QED) is 0.285. The average Bonchev–Trinajstić information content (AvgIpc) is 2.94. The second kappa shape index (κ2) is 7.96. The zero-order valence-corrected chi connectivity index (χ0v) is 15.9. The van der Waals surface area contributed by atoms with E-state index in [1.54, 1.807) is 12.1 Å². The van der Waals surface area contributed by atoms with Gasteiger partial charge in [-0.05, 0) is 53.3 Å². The number of pyridine rings is 1. The number of carbonyl (C=O) groups excluding carboxylic acids is 1. The van der Waals surface area contributed by atoms with Gasteiger partial charge >= 0.3 is 0 Å². The lowest BCUT2D eigenvalue weighted by molar-refractivity contribution is 0.0317. The third-order valence-electron chi connectivity index (χ3n) is 3.51. The van der Waals surface area contributed by atoms with E-state index in [0.717, 1.165) is 9.77 Å². The predicted octanol–water partition coefficient (Wildman–Crippen LogP) is 4.26. The van der Waals surface area contributed by atoms with Crippen LogP contribution in [0.25, 0.3) is 11.0 Å². The first kappa shape index (κ1) is 18.5. The number of halogens is 3. The van der Waals surface area contributed by atoms with E-state index in [4.69, 9.17) is 4.84 Å². The Balaban J connectivity index is 2.03. The first-order valence-corrected chi connectivity index (χ1v) is 8.89. The summed E-state index contributed by atoms with van der Waals surface area (Å²) in [5.41, 5.74) is 2.85.